The molecule has 8 heteroatoms. The van der Waals surface area contributed by atoms with E-state index in [4.69, 9.17) is 4.74 Å². The van der Waals surface area contributed by atoms with Gasteiger partial charge in [-0.2, -0.15) is 0 Å². The third-order valence-electron chi connectivity index (χ3n) is 4.33. The fraction of sp³-hybridized carbons (Fsp3) is 0.222. The number of hydrogen-bond acceptors (Lipinski definition) is 5. The van der Waals surface area contributed by atoms with Gasteiger partial charge in [0.1, 0.15) is 5.75 Å². The molecule has 3 rings (SSSR count). The molecule has 0 spiro atoms. The lowest BCUT2D eigenvalue weighted by Gasteiger charge is -2.26. The van der Waals surface area contributed by atoms with Gasteiger partial charge in [0.15, 0.2) is 6.61 Å². The summed E-state index contributed by atoms with van der Waals surface area (Å²) >= 11 is 0. The Labute approximate surface area is 149 Å². The van der Waals surface area contributed by atoms with Crippen molar-refractivity contribution >= 4 is 23.2 Å². The second kappa shape index (κ2) is 6.83. The number of hydrogen-bond donors (Lipinski definition) is 1. The standard InChI is InChI=1S/C18H17N3O5/c1-11(12-4-3-5-14(8-12)21(24)25)20(2)18(23)13-6-7-15-16(9-13)26-10-17(22)19-15/h3-9,11H,10H2,1-2H3,(H,19,22)/t11-/m1/s1. The molecule has 8 nitrogen and oxygen atoms in total. The predicted octanol–water partition coefficient (Wildman–Crippen LogP) is 2.76. The molecule has 0 aromatic heterocycles. The highest BCUT2D eigenvalue weighted by molar-refractivity contribution is 5.99. The molecule has 2 aromatic rings. The van der Waals surface area contributed by atoms with Crippen molar-refractivity contribution in [3.05, 3.63) is 63.7 Å². The summed E-state index contributed by atoms with van der Waals surface area (Å²) in [6, 6.07) is 10.6. The van der Waals surface area contributed by atoms with Crippen molar-refractivity contribution in [2.45, 2.75) is 13.0 Å². The third-order valence-corrected chi connectivity index (χ3v) is 4.33. The lowest BCUT2D eigenvalue weighted by atomic mass is 10.0. The van der Waals surface area contributed by atoms with E-state index in [1.165, 1.54) is 17.0 Å². The predicted molar refractivity (Wildman–Crippen MR) is 94.2 cm³/mol. The van der Waals surface area contributed by atoms with E-state index in [0.717, 1.165) is 0 Å². The van der Waals surface area contributed by atoms with E-state index in [9.17, 15) is 19.7 Å². The molecule has 1 heterocycles. The summed E-state index contributed by atoms with van der Waals surface area (Å²) in [5.41, 5.74) is 1.57. The van der Waals surface area contributed by atoms with E-state index in [1.807, 2.05) is 0 Å². The zero-order valence-electron chi connectivity index (χ0n) is 14.3. The topological polar surface area (TPSA) is 102 Å². The number of nitrogens with one attached hydrogen (secondary N) is 1. The summed E-state index contributed by atoms with van der Waals surface area (Å²) in [6.45, 7) is 1.71. The molecular formula is C18H17N3O5. The smallest absolute Gasteiger partial charge is 0.269 e. The Kier molecular flexibility index (Phi) is 4.57. The minimum atomic E-state index is -0.465. The maximum atomic E-state index is 12.8. The summed E-state index contributed by atoms with van der Waals surface area (Å²) in [7, 11) is 1.63. The second-order valence-electron chi connectivity index (χ2n) is 5.99. The van der Waals surface area contributed by atoms with Gasteiger partial charge in [-0.25, -0.2) is 0 Å². The first-order valence-corrected chi connectivity index (χ1v) is 7.95. The monoisotopic (exact) mass is 355 g/mol. The molecule has 0 radical (unpaired) electrons. The molecule has 1 aliphatic heterocycles. The molecule has 2 amide bonds. The Morgan fingerprint density at radius 2 is 2.08 bits per heavy atom. The van der Waals surface area contributed by atoms with Crippen LogP contribution < -0.4 is 10.1 Å². The molecule has 0 bridgehead atoms. The van der Waals surface area contributed by atoms with Crippen molar-refractivity contribution in [2.75, 3.05) is 19.0 Å². The van der Waals surface area contributed by atoms with Crippen LogP contribution in [0, 0.1) is 10.1 Å². The van der Waals surface area contributed by atoms with Crippen molar-refractivity contribution in [3.63, 3.8) is 0 Å². The minimum absolute atomic E-state index is 0.0203. The molecular weight excluding hydrogens is 338 g/mol. The summed E-state index contributed by atoms with van der Waals surface area (Å²) in [4.78, 5) is 36.1. The van der Waals surface area contributed by atoms with E-state index < -0.39 is 4.92 Å². The van der Waals surface area contributed by atoms with Crippen LogP contribution in [0.5, 0.6) is 5.75 Å². The Bertz CT molecular complexity index is 896. The van der Waals surface area contributed by atoms with Crippen LogP contribution in [0.2, 0.25) is 0 Å². The first-order chi connectivity index (χ1) is 12.4. The van der Waals surface area contributed by atoms with Gasteiger partial charge in [-0.3, -0.25) is 19.7 Å². The summed E-state index contributed by atoms with van der Waals surface area (Å²) in [5.74, 6) is -0.0628. The number of nitrogens with zero attached hydrogens (tertiary/aromatic N) is 2. The molecule has 0 aliphatic carbocycles. The molecule has 1 N–H and O–H groups in total. The number of ether oxygens (including phenoxy) is 1. The van der Waals surface area contributed by atoms with E-state index in [-0.39, 0.29) is 30.2 Å². The van der Waals surface area contributed by atoms with Crippen LogP contribution in [0.25, 0.3) is 0 Å². The van der Waals surface area contributed by atoms with Crippen molar-refractivity contribution in [3.8, 4) is 5.75 Å². The highest BCUT2D eigenvalue weighted by Crippen LogP contribution is 2.30. The lowest BCUT2D eigenvalue weighted by Crippen LogP contribution is -2.30. The van der Waals surface area contributed by atoms with Gasteiger partial charge < -0.3 is 15.0 Å². The fourth-order valence-electron chi connectivity index (χ4n) is 2.71. The number of benzene rings is 2. The molecule has 0 saturated heterocycles. The number of non-ortho nitro benzene ring substituents is 1. The number of fused-ring (bicyclic) bond motifs is 1. The molecule has 134 valence electrons. The third kappa shape index (κ3) is 3.34. The largest absolute Gasteiger partial charge is 0.482 e. The van der Waals surface area contributed by atoms with Crippen LogP contribution in [-0.2, 0) is 4.79 Å². The van der Waals surface area contributed by atoms with Gasteiger partial charge in [0.05, 0.1) is 16.7 Å². The second-order valence-corrected chi connectivity index (χ2v) is 5.99. The number of nitro benzene ring substituents is 1. The molecule has 1 atom stereocenters. The number of amides is 2. The number of carbonyl (C=O) groups is 2. The number of nitro groups is 1. The highest BCUT2D eigenvalue weighted by Gasteiger charge is 2.23. The van der Waals surface area contributed by atoms with Crippen LogP contribution in [0.1, 0.15) is 28.9 Å². The SMILES string of the molecule is C[C@H](c1cccc([N+](=O)[O-])c1)N(C)C(=O)c1ccc2c(c1)OCC(=O)N2. The van der Waals surface area contributed by atoms with Crippen LogP contribution in [0.3, 0.4) is 0 Å². The molecule has 0 saturated carbocycles. The molecule has 2 aromatic carbocycles. The Balaban J connectivity index is 1.82. The first kappa shape index (κ1) is 17.4. The Morgan fingerprint density at radius 3 is 2.81 bits per heavy atom. The molecule has 1 aliphatic rings. The zero-order chi connectivity index (χ0) is 18.8. The zero-order valence-corrected chi connectivity index (χ0v) is 14.3. The van der Waals surface area contributed by atoms with E-state index in [1.54, 1.807) is 44.3 Å². The van der Waals surface area contributed by atoms with Crippen molar-refractivity contribution in [1.82, 2.24) is 4.90 Å². The minimum Gasteiger partial charge on any atom is -0.482 e. The Morgan fingerprint density at radius 1 is 1.31 bits per heavy atom. The van der Waals surface area contributed by atoms with Gasteiger partial charge in [-0.1, -0.05) is 12.1 Å². The molecule has 0 fully saturated rings. The maximum Gasteiger partial charge on any atom is 0.269 e. The first-order valence-electron chi connectivity index (χ1n) is 7.95. The molecule has 26 heavy (non-hydrogen) atoms. The van der Waals surface area contributed by atoms with Gasteiger partial charge in [0, 0.05) is 24.7 Å². The van der Waals surface area contributed by atoms with Crippen molar-refractivity contribution in [2.24, 2.45) is 0 Å². The summed E-state index contributed by atoms with van der Waals surface area (Å²) in [5, 5.41) is 13.6. The van der Waals surface area contributed by atoms with Crippen LogP contribution in [0.4, 0.5) is 11.4 Å². The van der Waals surface area contributed by atoms with Crippen molar-refractivity contribution in [1.29, 1.82) is 0 Å². The quantitative estimate of drug-likeness (QED) is 0.671. The molecule has 0 unspecified atom stereocenters. The van der Waals surface area contributed by atoms with Gasteiger partial charge in [-0.05, 0) is 30.7 Å². The Hall–Kier alpha value is -3.42. The van der Waals surface area contributed by atoms with E-state index in [0.29, 0.717) is 22.6 Å². The van der Waals surface area contributed by atoms with E-state index >= 15 is 0 Å². The number of anilines is 1. The number of carbonyl (C=O) groups excluding carboxylic acids is 2. The normalized spacial score (nSPS) is 13.8. The summed E-state index contributed by atoms with van der Waals surface area (Å²) < 4.78 is 5.34. The van der Waals surface area contributed by atoms with Crippen LogP contribution >= 0.6 is 0 Å². The maximum absolute atomic E-state index is 12.8. The average Bonchev–Trinajstić information content (AvgIpc) is 2.65. The number of rotatable bonds is 4. The van der Waals surface area contributed by atoms with Gasteiger partial charge >= 0.3 is 0 Å². The van der Waals surface area contributed by atoms with Gasteiger partial charge in [-0.15, -0.1) is 0 Å². The van der Waals surface area contributed by atoms with Gasteiger partial charge in [0.25, 0.3) is 17.5 Å². The lowest BCUT2D eigenvalue weighted by molar-refractivity contribution is -0.384. The van der Waals surface area contributed by atoms with Gasteiger partial charge in [0.2, 0.25) is 0 Å². The van der Waals surface area contributed by atoms with Crippen LogP contribution in [0.15, 0.2) is 42.5 Å². The highest BCUT2D eigenvalue weighted by atomic mass is 16.6. The van der Waals surface area contributed by atoms with E-state index in [2.05, 4.69) is 5.32 Å². The van der Waals surface area contributed by atoms with Crippen LogP contribution in [-0.4, -0.2) is 35.3 Å². The van der Waals surface area contributed by atoms with Crippen molar-refractivity contribution < 1.29 is 19.2 Å². The fourth-order valence-corrected chi connectivity index (χ4v) is 2.71. The summed E-state index contributed by atoms with van der Waals surface area (Å²) in [6.07, 6.45) is 0. The average molecular weight is 355 g/mol.